The fourth-order valence-corrected chi connectivity index (χ4v) is 3.35. The summed E-state index contributed by atoms with van der Waals surface area (Å²) in [5.41, 5.74) is 4.53. The summed E-state index contributed by atoms with van der Waals surface area (Å²) in [5, 5.41) is 12.9. The molecule has 1 N–H and O–H groups in total. The highest BCUT2D eigenvalue weighted by Crippen LogP contribution is 2.35. The van der Waals surface area contributed by atoms with Crippen molar-refractivity contribution in [2.24, 2.45) is 5.10 Å². The average Bonchev–Trinajstić information content (AvgIpc) is 2.54. The summed E-state index contributed by atoms with van der Waals surface area (Å²) in [6.07, 6.45) is 1.53. The Kier molecular flexibility index (Phi) is 6.53. The number of benzene rings is 2. The maximum absolute atomic E-state index is 10.8. The molecule has 2 aromatic rings. The van der Waals surface area contributed by atoms with Crippen molar-refractivity contribution in [3.8, 4) is 11.8 Å². The maximum atomic E-state index is 10.8. The first-order valence-electron chi connectivity index (χ1n) is 6.90. The summed E-state index contributed by atoms with van der Waals surface area (Å²) in [4.78, 5) is 10.8. The van der Waals surface area contributed by atoms with Gasteiger partial charge in [0.15, 0.2) is 0 Å². The van der Waals surface area contributed by atoms with E-state index in [0.29, 0.717) is 11.3 Å². The number of ether oxygens (including phenoxy) is 1. The summed E-state index contributed by atoms with van der Waals surface area (Å²) in [5.74, 6) is 0.389. The van der Waals surface area contributed by atoms with E-state index in [2.05, 4.69) is 48.5 Å². The number of nitrogens with one attached hydrogen (secondary N) is 1. The van der Waals surface area contributed by atoms with E-state index in [9.17, 15) is 4.79 Å². The van der Waals surface area contributed by atoms with Gasteiger partial charge in [-0.2, -0.15) is 10.4 Å². The Morgan fingerprint density at radius 1 is 1.33 bits per heavy atom. The molecule has 0 radical (unpaired) electrons. The number of hydrazone groups is 1. The smallest absolute Gasteiger partial charge is 0.236 e. The van der Waals surface area contributed by atoms with E-state index in [1.165, 1.54) is 13.1 Å². The third-order valence-corrected chi connectivity index (χ3v) is 4.14. The number of carbonyl (C=O) groups excluding carboxylic acids is 1. The van der Waals surface area contributed by atoms with E-state index in [0.717, 1.165) is 20.1 Å². The largest absolute Gasteiger partial charge is 0.486 e. The molecule has 0 fully saturated rings. The van der Waals surface area contributed by atoms with E-state index >= 15 is 0 Å². The first kappa shape index (κ1) is 18.2. The molecule has 122 valence electrons. The Labute approximate surface area is 156 Å². The highest BCUT2D eigenvalue weighted by Gasteiger charge is 2.10. The number of halogens is 2. The molecule has 0 saturated heterocycles. The minimum absolute atomic E-state index is 0.236. The van der Waals surface area contributed by atoms with Gasteiger partial charge >= 0.3 is 0 Å². The van der Waals surface area contributed by atoms with Gasteiger partial charge in [-0.3, -0.25) is 4.79 Å². The average molecular weight is 451 g/mol. The fraction of sp³-hybridized carbons (Fsp3) is 0.118. The van der Waals surface area contributed by atoms with Crippen LogP contribution >= 0.6 is 31.9 Å². The van der Waals surface area contributed by atoms with E-state index in [-0.39, 0.29) is 12.5 Å². The molecule has 7 heteroatoms. The van der Waals surface area contributed by atoms with Crippen LogP contribution in [-0.4, -0.2) is 12.1 Å². The van der Waals surface area contributed by atoms with Gasteiger partial charge in [0.2, 0.25) is 5.91 Å². The third-order valence-electron chi connectivity index (χ3n) is 2.97. The van der Waals surface area contributed by atoms with Crippen LogP contribution in [0.1, 0.15) is 23.6 Å². The Morgan fingerprint density at radius 2 is 2.00 bits per heavy atom. The zero-order valence-corrected chi connectivity index (χ0v) is 15.9. The quantitative estimate of drug-likeness (QED) is 0.549. The summed E-state index contributed by atoms with van der Waals surface area (Å²) < 4.78 is 7.30. The van der Waals surface area contributed by atoms with E-state index < -0.39 is 0 Å². The van der Waals surface area contributed by atoms with Crippen LogP contribution in [0.2, 0.25) is 0 Å². The number of nitriles is 1. The highest BCUT2D eigenvalue weighted by atomic mass is 79.9. The van der Waals surface area contributed by atoms with E-state index in [1.807, 2.05) is 30.3 Å². The van der Waals surface area contributed by atoms with Crippen molar-refractivity contribution in [2.45, 2.75) is 13.5 Å². The molecule has 0 aliphatic rings. The molecule has 0 saturated carbocycles. The number of nitrogens with zero attached hydrogens (tertiary/aromatic N) is 2. The minimum Gasteiger partial charge on any atom is -0.486 e. The first-order chi connectivity index (χ1) is 11.5. The lowest BCUT2D eigenvalue weighted by atomic mass is 10.1. The molecule has 0 spiro atoms. The van der Waals surface area contributed by atoms with Crippen molar-refractivity contribution >= 4 is 44.0 Å². The van der Waals surface area contributed by atoms with E-state index in [4.69, 9.17) is 10.00 Å². The number of carbonyl (C=O) groups is 1. The zero-order chi connectivity index (χ0) is 17.5. The standard InChI is InChI=1S/C17H13Br2N3O2/c1-11(23)22-21-9-12-6-15(18)17(16(19)7-12)24-10-14-5-3-2-4-13(14)8-20/h2-7,9H,10H2,1H3,(H,22,23)/b21-9-. The van der Waals surface area contributed by atoms with Crippen molar-refractivity contribution in [1.82, 2.24) is 5.43 Å². The Hall–Kier alpha value is -2.17. The second kappa shape index (κ2) is 8.62. The van der Waals surface area contributed by atoms with Gasteiger partial charge < -0.3 is 4.74 Å². The molecular formula is C17H13Br2N3O2. The lowest BCUT2D eigenvalue weighted by Crippen LogP contribution is -2.12. The number of amides is 1. The zero-order valence-electron chi connectivity index (χ0n) is 12.7. The van der Waals surface area contributed by atoms with Gasteiger partial charge in [0.1, 0.15) is 12.4 Å². The summed E-state index contributed by atoms with van der Waals surface area (Å²) in [7, 11) is 0. The lowest BCUT2D eigenvalue weighted by molar-refractivity contribution is -0.118. The van der Waals surface area contributed by atoms with Crippen molar-refractivity contribution in [3.63, 3.8) is 0 Å². The van der Waals surface area contributed by atoms with Gasteiger partial charge in [-0.05, 0) is 55.6 Å². The topological polar surface area (TPSA) is 74.5 Å². The molecule has 0 aliphatic carbocycles. The Bertz CT molecular complexity index is 806. The van der Waals surface area contributed by atoms with Crippen molar-refractivity contribution in [2.75, 3.05) is 0 Å². The van der Waals surface area contributed by atoms with Crippen molar-refractivity contribution in [1.29, 1.82) is 5.26 Å². The maximum Gasteiger partial charge on any atom is 0.236 e. The summed E-state index contributed by atoms with van der Waals surface area (Å²) in [6, 6.07) is 13.1. The normalized spacial score (nSPS) is 10.4. The van der Waals surface area contributed by atoms with Crippen LogP contribution in [0, 0.1) is 11.3 Å². The van der Waals surface area contributed by atoms with Crippen LogP contribution < -0.4 is 10.2 Å². The molecular weight excluding hydrogens is 438 g/mol. The van der Waals surface area contributed by atoms with Crippen LogP contribution in [-0.2, 0) is 11.4 Å². The molecule has 0 aromatic heterocycles. The summed E-state index contributed by atoms with van der Waals surface area (Å²) >= 11 is 6.92. The number of hydrogen-bond acceptors (Lipinski definition) is 4. The fourth-order valence-electron chi connectivity index (χ4n) is 1.89. The van der Waals surface area contributed by atoms with Crippen LogP contribution in [0.3, 0.4) is 0 Å². The molecule has 2 rings (SSSR count). The monoisotopic (exact) mass is 449 g/mol. The van der Waals surface area contributed by atoms with Gasteiger partial charge in [-0.15, -0.1) is 0 Å². The Balaban J connectivity index is 2.15. The van der Waals surface area contributed by atoms with Crippen molar-refractivity contribution < 1.29 is 9.53 Å². The molecule has 0 atom stereocenters. The van der Waals surface area contributed by atoms with Crippen LogP contribution in [0.25, 0.3) is 0 Å². The van der Waals surface area contributed by atoms with E-state index in [1.54, 1.807) is 6.07 Å². The second-order valence-electron chi connectivity index (χ2n) is 4.80. The lowest BCUT2D eigenvalue weighted by Gasteiger charge is -2.12. The van der Waals surface area contributed by atoms with Crippen LogP contribution in [0.15, 0.2) is 50.4 Å². The molecule has 24 heavy (non-hydrogen) atoms. The van der Waals surface area contributed by atoms with Crippen LogP contribution in [0.5, 0.6) is 5.75 Å². The highest BCUT2D eigenvalue weighted by molar-refractivity contribution is 9.11. The van der Waals surface area contributed by atoms with Gasteiger partial charge in [0.25, 0.3) is 0 Å². The Morgan fingerprint density at radius 3 is 2.62 bits per heavy atom. The number of rotatable bonds is 5. The van der Waals surface area contributed by atoms with Gasteiger partial charge in [-0.1, -0.05) is 18.2 Å². The molecule has 5 nitrogen and oxygen atoms in total. The molecule has 1 amide bonds. The van der Waals surface area contributed by atoms with Gasteiger partial charge in [0.05, 0.1) is 26.8 Å². The molecule has 0 aliphatic heterocycles. The molecule has 0 unspecified atom stereocenters. The summed E-state index contributed by atoms with van der Waals surface area (Å²) in [6.45, 7) is 1.67. The molecule has 2 aromatic carbocycles. The predicted molar refractivity (Wildman–Crippen MR) is 98.7 cm³/mol. The minimum atomic E-state index is -0.236. The van der Waals surface area contributed by atoms with Crippen LogP contribution in [0.4, 0.5) is 0 Å². The first-order valence-corrected chi connectivity index (χ1v) is 8.49. The third kappa shape index (κ3) is 4.91. The van der Waals surface area contributed by atoms with Gasteiger partial charge in [0, 0.05) is 12.5 Å². The number of hydrogen-bond donors (Lipinski definition) is 1. The van der Waals surface area contributed by atoms with Crippen molar-refractivity contribution in [3.05, 3.63) is 62.0 Å². The SMILES string of the molecule is CC(=O)N/N=C\c1cc(Br)c(OCc2ccccc2C#N)c(Br)c1. The molecule has 0 bridgehead atoms. The predicted octanol–water partition coefficient (Wildman–Crippen LogP) is 4.13. The van der Waals surface area contributed by atoms with Gasteiger partial charge in [-0.25, -0.2) is 5.43 Å². The molecule has 0 heterocycles. The second-order valence-corrected chi connectivity index (χ2v) is 6.51.